The Bertz CT molecular complexity index is 486. The molecule has 3 rings (SSSR count). The van der Waals surface area contributed by atoms with Gasteiger partial charge in [-0.3, -0.25) is 4.79 Å². The van der Waals surface area contributed by atoms with Gasteiger partial charge in [-0.1, -0.05) is 56.3 Å². The Balaban J connectivity index is 2.11. The highest BCUT2D eigenvalue weighted by atomic mass is 16.1. The first-order chi connectivity index (χ1) is 8.69. The van der Waals surface area contributed by atoms with Gasteiger partial charge < -0.3 is 0 Å². The molecule has 0 spiro atoms. The summed E-state index contributed by atoms with van der Waals surface area (Å²) in [5.41, 5.74) is 0.945. The Hall–Kier alpha value is -1.37. The minimum Gasteiger partial charge on any atom is -0.298 e. The smallest absolute Gasteiger partial charge is 0.147 e. The number of ketones is 1. The largest absolute Gasteiger partial charge is 0.298 e. The number of hydrogen-bond acceptors (Lipinski definition) is 1. The summed E-state index contributed by atoms with van der Waals surface area (Å²) in [6.07, 6.45) is 6.66. The molecule has 2 aliphatic rings. The van der Waals surface area contributed by atoms with Crippen molar-refractivity contribution in [3.63, 3.8) is 0 Å². The van der Waals surface area contributed by atoms with Crippen LogP contribution in [0, 0.1) is 17.8 Å². The lowest BCUT2D eigenvalue weighted by Crippen LogP contribution is -2.63. The maximum Gasteiger partial charge on any atom is 0.147 e. The van der Waals surface area contributed by atoms with Gasteiger partial charge in [-0.25, -0.2) is 0 Å². The average molecular weight is 240 g/mol. The molecule has 2 aliphatic carbocycles. The summed E-state index contributed by atoms with van der Waals surface area (Å²) >= 11 is 0. The maximum atomic E-state index is 12.7. The molecule has 1 fully saturated rings. The van der Waals surface area contributed by atoms with Crippen LogP contribution in [0.2, 0.25) is 0 Å². The van der Waals surface area contributed by atoms with Gasteiger partial charge in [-0.15, -0.1) is 0 Å². The van der Waals surface area contributed by atoms with Crippen LogP contribution in [0.15, 0.2) is 42.5 Å². The number of rotatable bonds is 2. The molecule has 18 heavy (non-hydrogen) atoms. The molecule has 0 aromatic heterocycles. The van der Waals surface area contributed by atoms with E-state index in [4.69, 9.17) is 0 Å². The van der Waals surface area contributed by atoms with E-state index in [0.717, 1.165) is 12.8 Å². The lowest BCUT2D eigenvalue weighted by Gasteiger charge is -2.56. The number of carbonyl (C=O) groups is 1. The molecular weight excluding hydrogens is 220 g/mol. The van der Waals surface area contributed by atoms with Crippen molar-refractivity contribution >= 4 is 5.78 Å². The number of allylic oxidation sites excluding steroid dienone is 2. The summed E-state index contributed by atoms with van der Waals surface area (Å²) in [4.78, 5) is 12.7. The first-order valence-electron chi connectivity index (χ1n) is 6.95. The lowest BCUT2D eigenvalue weighted by atomic mass is 9.44. The molecule has 1 heteroatoms. The third-order valence-electron chi connectivity index (χ3n) is 4.85. The second-order valence-corrected chi connectivity index (χ2v) is 5.89. The Morgan fingerprint density at radius 3 is 2.61 bits per heavy atom. The van der Waals surface area contributed by atoms with Crippen LogP contribution in [0.5, 0.6) is 0 Å². The zero-order valence-electron chi connectivity index (χ0n) is 11.1. The van der Waals surface area contributed by atoms with Crippen LogP contribution in [0.4, 0.5) is 0 Å². The van der Waals surface area contributed by atoms with E-state index in [-0.39, 0.29) is 11.3 Å². The molecule has 0 aliphatic heterocycles. The van der Waals surface area contributed by atoms with Crippen LogP contribution >= 0.6 is 0 Å². The third kappa shape index (κ3) is 1.31. The molecule has 1 saturated carbocycles. The highest BCUT2D eigenvalue weighted by Crippen LogP contribution is 2.57. The van der Waals surface area contributed by atoms with Crippen molar-refractivity contribution in [2.45, 2.75) is 32.1 Å². The van der Waals surface area contributed by atoms with Gasteiger partial charge in [0.05, 0.1) is 5.41 Å². The molecule has 0 radical (unpaired) electrons. The van der Waals surface area contributed by atoms with E-state index in [1.54, 1.807) is 0 Å². The van der Waals surface area contributed by atoms with Crippen LogP contribution in [-0.4, -0.2) is 5.78 Å². The quantitative estimate of drug-likeness (QED) is 0.720. The summed E-state index contributed by atoms with van der Waals surface area (Å²) in [6.45, 7) is 4.37. The molecule has 0 bridgehead atoms. The molecule has 1 aromatic rings. The second-order valence-electron chi connectivity index (χ2n) is 5.89. The number of benzene rings is 1. The van der Waals surface area contributed by atoms with E-state index < -0.39 is 0 Å². The molecular formula is C17H20O. The molecule has 1 nitrogen and oxygen atoms in total. The van der Waals surface area contributed by atoms with Crippen LogP contribution in [0.3, 0.4) is 0 Å². The van der Waals surface area contributed by atoms with Crippen LogP contribution in [0.1, 0.15) is 32.3 Å². The number of fused-ring (bicyclic) bond motifs is 1. The highest BCUT2D eigenvalue weighted by Gasteiger charge is 2.62. The van der Waals surface area contributed by atoms with Crippen LogP contribution in [0.25, 0.3) is 0 Å². The van der Waals surface area contributed by atoms with E-state index in [1.165, 1.54) is 5.56 Å². The lowest BCUT2D eigenvalue weighted by molar-refractivity contribution is -0.148. The first-order valence-corrected chi connectivity index (χ1v) is 6.95. The van der Waals surface area contributed by atoms with Gasteiger partial charge in [0.2, 0.25) is 0 Å². The molecule has 94 valence electrons. The van der Waals surface area contributed by atoms with E-state index in [0.29, 0.717) is 17.6 Å². The Kier molecular flexibility index (Phi) is 2.65. The van der Waals surface area contributed by atoms with Gasteiger partial charge >= 0.3 is 0 Å². The van der Waals surface area contributed by atoms with Crippen molar-refractivity contribution in [2.24, 2.45) is 17.8 Å². The molecule has 0 saturated heterocycles. The average Bonchev–Trinajstić information content (AvgIpc) is 2.39. The van der Waals surface area contributed by atoms with E-state index in [2.05, 4.69) is 38.1 Å². The van der Waals surface area contributed by atoms with Crippen molar-refractivity contribution in [1.82, 2.24) is 0 Å². The third-order valence-corrected chi connectivity index (χ3v) is 4.85. The fraction of sp³-hybridized carbons (Fsp3) is 0.471. The Morgan fingerprint density at radius 2 is 1.94 bits per heavy atom. The normalized spacial score (nSPS) is 34.3. The van der Waals surface area contributed by atoms with Gasteiger partial charge in [-0.05, 0) is 24.3 Å². The highest BCUT2D eigenvalue weighted by molar-refractivity contribution is 6.00. The van der Waals surface area contributed by atoms with E-state index in [9.17, 15) is 4.79 Å². The second kappa shape index (κ2) is 4.08. The van der Waals surface area contributed by atoms with Gasteiger partial charge in [-0.2, -0.15) is 0 Å². The number of hydrogen-bond donors (Lipinski definition) is 0. The minimum absolute atomic E-state index is 0.261. The predicted octanol–water partition coefficient (Wildman–Crippen LogP) is 3.75. The zero-order chi connectivity index (χ0) is 12.8. The van der Waals surface area contributed by atoms with Crippen molar-refractivity contribution in [1.29, 1.82) is 0 Å². The van der Waals surface area contributed by atoms with Crippen LogP contribution in [-0.2, 0) is 10.2 Å². The zero-order valence-corrected chi connectivity index (χ0v) is 11.1. The Labute approximate surface area is 109 Å². The number of Topliss-reactive ketones (excluding diaryl/α,β-unsaturated/α-hetero) is 1. The summed E-state index contributed by atoms with van der Waals surface area (Å²) < 4.78 is 0. The summed E-state index contributed by atoms with van der Waals surface area (Å²) in [5, 5.41) is 0. The number of carbonyl (C=O) groups excluding carboxylic acids is 1. The molecule has 0 heterocycles. The first kappa shape index (κ1) is 11.7. The molecule has 3 atom stereocenters. The molecule has 1 aromatic carbocycles. The van der Waals surface area contributed by atoms with Crippen molar-refractivity contribution in [2.75, 3.05) is 0 Å². The fourth-order valence-corrected chi connectivity index (χ4v) is 4.02. The maximum absolute atomic E-state index is 12.7. The summed E-state index contributed by atoms with van der Waals surface area (Å²) in [5.74, 6) is 1.52. The van der Waals surface area contributed by atoms with Gasteiger partial charge in [0, 0.05) is 11.8 Å². The standard InChI is InChI=1S/C17H20O/c1-12(2)17(13-8-4-3-5-9-13)15-11-7-6-10-14(15)16(17)18/h3-5,7-9,11-12,14-15H,6,10H2,1-2H3/t14-,15+,17-/m1/s1. The van der Waals surface area contributed by atoms with Crippen molar-refractivity contribution in [3.8, 4) is 0 Å². The van der Waals surface area contributed by atoms with Crippen molar-refractivity contribution < 1.29 is 4.79 Å². The van der Waals surface area contributed by atoms with E-state index in [1.807, 2.05) is 18.2 Å². The van der Waals surface area contributed by atoms with Crippen LogP contribution < -0.4 is 0 Å². The van der Waals surface area contributed by atoms with Gasteiger partial charge in [0.15, 0.2) is 0 Å². The minimum atomic E-state index is -0.261. The fourth-order valence-electron chi connectivity index (χ4n) is 4.02. The summed E-state index contributed by atoms with van der Waals surface area (Å²) in [6, 6.07) is 10.4. The predicted molar refractivity (Wildman–Crippen MR) is 73.3 cm³/mol. The SMILES string of the molecule is CC(C)[C@]1(c2ccccc2)C(=O)[C@@H]2CCC=C[C@@H]21. The summed E-state index contributed by atoms with van der Waals surface area (Å²) in [7, 11) is 0. The monoisotopic (exact) mass is 240 g/mol. The van der Waals surface area contributed by atoms with Gasteiger partial charge in [0.25, 0.3) is 0 Å². The Morgan fingerprint density at radius 1 is 1.22 bits per heavy atom. The molecule has 0 amide bonds. The van der Waals surface area contributed by atoms with E-state index >= 15 is 0 Å². The topological polar surface area (TPSA) is 17.1 Å². The van der Waals surface area contributed by atoms with Gasteiger partial charge in [0.1, 0.15) is 5.78 Å². The van der Waals surface area contributed by atoms with Crippen molar-refractivity contribution in [3.05, 3.63) is 48.0 Å². The molecule has 0 N–H and O–H groups in total. The molecule has 0 unspecified atom stereocenters.